The van der Waals surface area contributed by atoms with Crippen LogP contribution in [0.15, 0.2) is 0 Å². The molecule has 0 amide bonds. The lowest BCUT2D eigenvalue weighted by atomic mass is 9.85. The van der Waals surface area contributed by atoms with E-state index in [0.717, 1.165) is 19.3 Å². The number of hydrogen-bond donors (Lipinski definition) is 3. The number of aliphatic hydroxyl groups is 2. The van der Waals surface area contributed by atoms with Crippen LogP contribution in [0.1, 0.15) is 97.3 Å². The number of aliphatic hydroxyl groups excluding tert-OH is 1. The molecule has 0 fully saturated rings. The predicted octanol–water partition coefficient (Wildman–Crippen LogP) is 4.73. The van der Waals surface area contributed by atoms with Gasteiger partial charge in [0.25, 0.3) is 0 Å². The van der Waals surface area contributed by atoms with E-state index in [1.165, 1.54) is 57.8 Å². The molecule has 0 rings (SSSR count). The van der Waals surface area contributed by atoms with E-state index < -0.39 is 12.3 Å². The van der Waals surface area contributed by atoms with E-state index in [1.807, 2.05) is 0 Å². The van der Waals surface area contributed by atoms with Crippen LogP contribution in [0.3, 0.4) is 0 Å². The quantitative estimate of drug-likeness (QED) is 0.282. The molecule has 0 aliphatic rings. The van der Waals surface area contributed by atoms with Crippen molar-refractivity contribution in [2.75, 3.05) is 0 Å². The molecule has 23 heavy (non-hydrogen) atoms. The molecule has 0 bridgehead atoms. The highest BCUT2D eigenvalue weighted by molar-refractivity contribution is 5.67. The zero-order valence-electron chi connectivity index (χ0n) is 15.2. The second-order valence-corrected chi connectivity index (χ2v) is 6.95. The fourth-order valence-electron chi connectivity index (χ4n) is 3.09. The normalized spacial score (nSPS) is 14.1. The topological polar surface area (TPSA) is 77.8 Å². The summed E-state index contributed by atoms with van der Waals surface area (Å²) in [5, 5.41) is 27.4. The molecule has 3 N–H and O–H groups in total. The molecule has 0 spiro atoms. The number of rotatable bonds is 16. The Morgan fingerprint density at radius 3 is 1.65 bits per heavy atom. The first-order valence-corrected chi connectivity index (χ1v) is 9.57. The molecule has 4 nitrogen and oxygen atoms in total. The minimum atomic E-state index is -1.42. The average molecular weight is 331 g/mol. The van der Waals surface area contributed by atoms with Crippen molar-refractivity contribution in [2.45, 2.75) is 104 Å². The van der Waals surface area contributed by atoms with Crippen molar-refractivity contribution in [1.29, 1.82) is 0 Å². The van der Waals surface area contributed by atoms with E-state index in [4.69, 9.17) is 5.11 Å². The number of unbranched alkanes of at least 4 members (excludes halogenated alkanes) is 10. The van der Waals surface area contributed by atoms with Gasteiger partial charge in [-0.25, -0.2) is 0 Å². The lowest BCUT2D eigenvalue weighted by molar-refractivity contribution is -0.141. The summed E-state index contributed by atoms with van der Waals surface area (Å²) in [4.78, 5) is 10.9. The lowest BCUT2D eigenvalue weighted by Gasteiger charge is -2.23. The molecule has 0 saturated carbocycles. The highest BCUT2D eigenvalue weighted by Crippen LogP contribution is 2.25. The third-order valence-corrected chi connectivity index (χ3v) is 4.83. The van der Waals surface area contributed by atoms with Crippen molar-refractivity contribution in [1.82, 2.24) is 0 Å². The molecular weight excluding hydrogens is 292 g/mol. The average Bonchev–Trinajstić information content (AvgIpc) is 2.50. The van der Waals surface area contributed by atoms with E-state index in [1.54, 1.807) is 6.92 Å². The SMILES string of the molecule is CCCCCCCCCCCCCC(CC(=O)O)C(C)C(O)O. The Bertz CT molecular complexity index is 279. The lowest BCUT2D eigenvalue weighted by Crippen LogP contribution is -2.27. The summed E-state index contributed by atoms with van der Waals surface area (Å²) in [6.45, 7) is 3.96. The number of carboxylic acids is 1. The van der Waals surface area contributed by atoms with Gasteiger partial charge < -0.3 is 15.3 Å². The fraction of sp³-hybridized carbons (Fsp3) is 0.947. The maximum absolute atomic E-state index is 10.9. The molecule has 0 saturated heterocycles. The van der Waals surface area contributed by atoms with E-state index in [-0.39, 0.29) is 18.3 Å². The maximum Gasteiger partial charge on any atom is 0.303 e. The summed E-state index contributed by atoms with van der Waals surface area (Å²) in [5.41, 5.74) is 0. The van der Waals surface area contributed by atoms with Crippen molar-refractivity contribution in [3.8, 4) is 0 Å². The van der Waals surface area contributed by atoms with E-state index in [9.17, 15) is 15.0 Å². The third-order valence-electron chi connectivity index (χ3n) is 4.83. The summed E-state index contributed by atoms with van der Waals surface area (Å²) < 4.78 is 0. The van der Waals surface area contributed by atoms with Crippen LogP contribution >= 0.6 is 0 Å². The van der Waals surface area contributed by atoms with E-state index >= 15 is 0 Å². The van der Waals surface area contributed by atoms with Gasteiger partial charge in [-0.15, -0.1) is 0 Å². The summed E-state index contributed by atoms with van der Waals surface area (Å²) in [5.74, 6) is -1.38. The highest BCUT2D eigenvalue weighted by Gasteiger charge is 2.24. The molecule has 2 unspecified atom stereocenters. The Labute approximate surface area is 142 Å². The van der Waals surface area contributed by atoms with Gasteiger partial charge in [0.2, 0.25) is 0 Å². The zero-order valence-corrected chi connectivity index (χ0v) is 15.2. The predicted molar refractivity (Wildman–Crippen MR) is 94.2 cm³/mol. The monoisotopic (exact) mass is 330 g/mol. The Balaban J connectivity index is 3.60. The van der Waals surface area contributed by atoms with Gasteiger partial charge in [0.1, 0.15) is 0 Å². The fourth-order valence-corrected chi connectivity index (χ4v) is 3.09. The van der Waals surface area contributed by atoms with Crippen molar-refractivity contribution >= 4 is 5.97 Å². The number of aliphatic carboxylic acids is 1. The van der Waals surface area contributed by atoms with Crippen molar-refractivity contribution in [3.05, 3.63) is 0 Å². The van der Waals surface area contributed by atoms with Crippen LogP contribution in [0.2, 0.25) is 0 Å². The van der Waals surface area contributed by atoms with Crippen molar-refractivity contribution < 1.29 is 20.1 Å². The van der Waals surface area contributed by atoms with Gasteiger partial charge in [0.05, 0.1) is 0 Å². The molecule has 4 heteroatoms. The summed E-state index contributed by atoms with van der Waals surface area (Å²) in [6.07, 6.45) is 13.3. The number of carboxylic acid groups (broad SMARTS) is 1. The smallest absolute Gasteiger partial charge is 0.303 e. The molecule has 0 aromatic carbocycles. The highest BCUT2D eigenvalue weighted by atomic mass is 16.5. The molecule has 0 aliphatic carbocycles. The molecule has 138 valence electrons. The largest absolute Gasteiger partial charge is 0.481 e. The second-order valence-electron chi connectivity index (χ2n) is 6.95. The summed E-state index contributed by atoms with van der Waals surface area (Å²) in [7, 11) is 0. The van der Waals surface area contributed by atoms with Gasteiger partial charge >= 0.3 is 5.97 Å². The summed E-state index contributed by atoms with van der Waals surface area (Å²) in [6, 6.07) is 0. The van der Waals surface area contributed by atoms with Gasteiger partial charge in [-0.05, 0) is 12.3 Å². The molecule has 0 aromatic heterocycles. The first kappa shape index (κ1) is 22.4. The van der Waals surface area contributed by atoms with Crippen LogP contribution < -0.4 is 0 Å². The number of hydrogen-bond acceptors (Lipinski definition) is 3. The molecule has 0 heterocycles. The van der Waals surface area contributed by atoms with Crippen LogP contribution in [0, 0.1) is 11.8 Å². The Kier molecular flexibility index (Phi) is 14.6. The summed E-state index contributed by atoms with van der Waals surface area (Å²) >= 11 is 0. The van der Waals surface area contributed by atoms with E-state index in [0.29, 0.717) is 0 Å². The standard InChI is InChI=1S/C19H38O4/c1-3-4-5-6-7-8-9-10-11-12-13-14-17(15-18(20)21)16(2)19(22)23/h16-17,19,22-23H,3-15H2,1-2H3,(H,20,21). The minimum absolute atomic E-state index is 0.0244. The molecule has 0 aromatic rings. The van der Waals surface area contributed by atoms with Crippen LogP contribution in [-0.4, -0.2) is 27.6 Å². The Hall–Kier alpha value is -0.610. The van der Waals surface area contributed by atoms with Gasteiger partial charge in [-0.2, -0.15) is 0 Å². The Morgan fingerprint density at radius 2 is 1.26 bits per heavy atom. The van der Waals surface area contributed by atoms with Gasteiger partial charge in [-0.3, -0.25) is 4.79 Å². The van der Waals surface area contributed by atoms with Crippen LogP contribution in [0.25, 0.3) is 0 Å². The van der Waals surface area contributed by atoms with Crippen molar-refractivity contribution in [3.63, 3.8) is 0 Å². The maximum atomic E-state index is 10.9. The van der Waals surface area contributed by atoms with Gasteiger partial charge in [0.15, 0.2) is 6.29 Å². The molecule has 2 atom stereocenters. The van der Waals surface area contributed by atoms with Crippen LogP contribution in [0.5, 0.6) is 0 Å². The first-order valence-electron chi connectivity index (χ1n) is 9.57. The minimum Gasteiger partial charge on any atom is -0.481 e. The van der Waals surface area contributed by atoms with Gasteiger partial charge in [-0.1, -0.05) is 84.5 Å². The van der Waals surface area contributed by atoms with E-state index in [2.05, 4.69) is 6.92 Å². The Morgan fingerprint density at radius 1 is 0.826 bits per heavy atom. The molecular formula is C19H38O4. The molecule has 0 radical (unpaired) electrons. The molecule has 0 aliphatic heterocycles. The second kappa shape index (κ2) is 14.9. The van der Waals surface area contributed by atoms with Crippen molar-refractivity contribution in [2.24, 2.45) is 11.8 Å². The number of carbonyl (C=O) groups is 1. The van der Waals surface area contributed by atoms with Crippen LogP contribution in [-0.2, 0) is 4.79 Å². The zero-order chi connectivity index (χ0) is 17.5. The van der Waals surface area contributed by atoms with Crippen LogP contribution in [0.4, 0.5) is 0 Å². The third kappa shape index (κ3) is 13.5. The van der Waals surface area contributed by atoms with Gasteiger partial charge in [0, 0.05) is 12.3 Å². The first-order chi connectivity index (χ1) is 11.0.